The highest BCUT2D eigenvalue weighted by Crippen LogP contribution is 2.42. The minimum Gasteiger partial charge on any atom is -0.456 e. The molecule has 0 fully saturated rings. The van der Waals surface area contributed by atoms with Crippen molar-refractivity contribution in [3.8, 4) is 33.6 Å². The molecular formula is C48H30N2O. The van der Waals surface area contributed by atoms with Crippen LogP contribution in [0.25, 0.3) is 99.2 Å². The minimum absolute atomic E-state index is 0.0220. The average Bonchev–Trinajstić information content (AvgIpc) is 3.88. The fourth-order valence-corrected chi connectivity index (χ4v) is 7.97. The monoisotopic (exact) mass is 653 g/mol. The van der Waals surface area contributed by atoms with Crippen molar-refractivity contribution in [2.75, 3.05) is 0 Å². The third-order valence-corrected chi connectivity index (χ3v) is 10.2. The molecule has 0 spiro atoms. The number of para-hydroxylation sites is 3. The second-order valence-corrected chi connectivity index (χ2v) is 13.1. The van der Waals surface area contributed by atoms with Crippen molar-refractivity contribution >= 4 is 65.6 Å². The third kappa shape index (κ3) is 4.19. The molecule has 8 aromatic carbocycles. The molecule has 0 N–H and O–H groups in total. The number of fused-ring (bicyclic) bond motifs is 9. The Morgan fingerprint density at radius 1 is 0.392 bits per heavy atom. The zero-order valence-electron chi connectivity index (χ0n) is 30.4. The molecule has 0 unspecified atom stereocenters. The molecule has 3 heterocycles. The van der Waals surface area contributed by atoms with E-state index in [9.17, 15) is 4.11 Å². The SMILES string of the molecule is [2H]c1c(-c2ccc3c(c2)c2ccccc2n3-c2ccccc2)c([2H])c2c3c(-c4ccccc4)cccc3n(-c3ccc4c(c3)oc3ccccc34)c2c1[2H]. The summed E-state index contributed by atoms with van der Waals surface area (Å²) in [6.45, 7) is 0. The van der Waals surface area contributed by atoms with Crippen LogP contribution in [0.4, 0.5) is 0 Å². The van der Waals surface area contributed by atoms with Gasteiger partial charge in [-0.3, -0.25) is 0 Å². The standard InChI is InChI=1S/C48H30N2O/c1-3-12-31(13-4-1)36-18-11-20-45-48(36)41-29-33(23-27-44(41)50(45)35-24-25-39-38-17-8-10-21-46(38)51-47(39)30-35)32-22-26-43-40(28-32)37-16-7-9-19-42(37)49(43)34-14-5-2-6-15-34/h1-30H/i23D,27D,29D. The summed E-state index contributed by atoms with van der Waals surface area (Å²) in [5, 5.41) is 5.71. The Kier molecular flexibility index (Phi) is 5.35. The summed E-state index contributed by atoms with van der Waals surface area (Å²) in [6.07, 6.45) is 0. The molecule has 11 aromatic rings. The van der Waals surface area contributed by atoms with Crippen molar-refractivity contribution in [3.63, 3.8) is 0 Å². The van der Waals surface area contributed by atoms with Gasteiger partial charge in [-0.25, -0.2) is 0 Å². The molecule has 0 radical (unpaired) electrons. The molecule has 238 valence electrons. The van der Waals surface area contributed by atoms with Gasteiger partial charge in [0.25, 0.3) is 0 Å². The maximum Gasteiger partial charge on any atom is 0.137 e. The van der Waals surface area contributed by atoms with E-state index < -0.39 is 0 Å². The first-order valence-electron chi connectivity index (χ1n) is 18.7. The highest BCUT2D eigenvalue weighted by Gasteiger charge is 2.19. The van der Waals surface area contributed by atoms with E-state index in [-0.39, 0.29) is 18.1 Å². The summed E-state index contributed by atoms with van der Waals surface area (Å²) >= 11 is 0. The molecule has 51 heavy (non-hydrogen) atoms. The lowest BCUT2D eigenvalue weighted by Crippen LogP contribution is -1.93. The minimum atomic E-state index is 0.0220. The Labute approximate surface area is 298 Å². The van der Waals surface area contributed by atoms with Gasteiger partial charge >= 0.3 is 0 Å². The second kappa shape index (κ2) is 10.8. The Morgan fingerprint density at radius 2 is 1.10 bits per heavy atom. The van der Waals surface area contributed by atoms with Gasteiger partial charge in [-0.05, 0) is 88.9 Å². The first-order valence-corrected chi connectivity index (χ1v) is 17.2. The van der Waals surface area contributed by atoms with Crippen LogP contribution in [-0.4, -0.2) is 9.13 Å². The Hall–Kier alpha value is -6.84. The van der Waals surface area contributed by atoms with E-state index in [0.717, 1.165) is 82.7 Å². The first-order chi connectivity index (χ1) is 26.6. The van der Waals surface area contributed by atoms with Gasteiger partial charge in [0, 0.05) is 49.8 Å². The van der Waals surface area contributed by atoms with E-state index in [1.54, 1.807) is 0 Å². The van der Waals surface area contributed by atoms with Crippen molar-refractivity contribution in [2.45, 2.75) is 0 Å². The zero-order chi connectivity index (χ0) is 36.1. The number of hydrogen-bond acceptors (Lipinski definition) is 1. The van der Waals surface area contributed by atoms with Gasteiger partial charge in [0.15, 0.2) is 0 Å². The van der Waals surface area contributed by atoms with Crippen LogP contribution >= 0.6 is 0 Å². The molecule has 3 aromatic heterocycles. The summed E-state index contributed by atoms with van der Waals surface area (Å²) in [4.78, 5) is 0. The van der Waals surface area contributed by atoms with Crippen molar-refractivity contribution < 1.29 is 8.53 Å². The van der Waals surface area contributed by atoms with Gasteiger partial charge in [-0.15, -0.1) is 0 Å². The quantitative estimate of drug-likeness (QED) is 0.185. The predicted octanol–water partition coefficient (Wildman–Crippen LogP) is 13.1. The summed E-state index contributed by atoms with van der Waals surface area (Å²) in [5.74, 6) is 0. The van der Waals surface area contributed by atoms with Gasteiger partial charge in [-0.1, -0.05) is 109 Å². The fourth-order valence-electron chi connectivity index (χ4n) is 7.97. The molecule has 0 amide bonds. The number of furan rings is 1. The van der Waals surface area contributed by atoms with Crippen LogP contribution in [0.15, 0.2) is 186 Å². The molecule has 11 rings (SSSR count). The van der Waals surface area contributed by atoms with Crippen molar-refractivity contribution in [1.82, 2.24) is 9.13 Å². The molecule has 0 saturated carbocycles. The lowest BCUT2D eigenvalue weighted by molar-refractivity contribution is 0.668. The third-order valence-electron chi connectivity index (χ3n) is 10.2. The van der Waals surface area contributed by atoms with E-state index in [4.69, 9.17) is 4.42 Å². The second-order valence-electron chi connectivity index (χ2n) is 13.1. The predicted molar refractivity (Wildman–Crippen MR) is 213 cm³/mol. The molecule has 3 heteroatoms. The fraction of sp³-hybridized carbons (Fsp3) is 0. The number of benzene rings is 8. The molecular weight excluding hydrogens is 621 g/mol. The van der Waals surface area contributed by atoms with Gasteiger partial charge in [0.1, 0.15) is 11.2 Å². The topological polar surface area (TPSA) is 23.0 Å². The van der Waals surface area contributed by atoms with E-state index in [1.165, 1.54) is 0 Å². The van der Waals surface area contributed by atoms with E-state index in [1.807, 2.05) is 83.4 Å². The Balaban J connectivity index is 1.23. The smallest absolute Gasteiger partial charge is 0.137 e. The zero-order valence-corrected chi connectivity index (χ0v) is 27.4. The largest absolute Gasteiger partial charge is 0.456 e. The highest BCUT2D eigenvalue weighted by atomic mass is 16.3. The summed E-state index contributed by atoms with van der Waals surface area (Å²) in [5.41, 5.74) is 10.1. The normalized spacial score (nSPS) is 12.7. The lowest BCUT2D eigenvalue weighted by atomic mass is 9.97. The van der Waals surface area contributed by atoms with Crippen molar-refractivity contribution in [1.29, 1.82) is 0 Å². The molecule has 0 aliphatic heterocycles. The summed E-state index contributed by atoms with van der Waals surface area (Å²) in [6, 6.07) is 55.7. The van der Waals surface area contributed by atoms with Crippen LogP contribution in [0.5, 0.6) is 0 Å². The maximum atomic E-state index is 10.0. The van der Waals surface area contributed by atoms with Crippen LogP contribution in [0, 0.1) is 0 Å². The van der Waals surface area contributed by atoms with Gasteiger partial charge in [-0.2, -0.15) is 0 Å². The molecule has 0 aliphatic carbocycles. The molecule has 0 atom stereocenters. The van der Waals surface area contributed by atoms with Gasteiger partial charge in [0.2, 0.25) is 0 Å². The van der Waals surface area contributed by atoms with Gasteiger partial charge in [0.05, 0.1) is 26.2 Å². The van der Waals surface area contributed by atoms with Crippen molar-refractivity contribution in [3.05, 3.63) is 182 Å². The lowest BCUT2D eigenvalue weighted by Gasteiger charge is -2.09. The molecule has 0 saturated heterocycles. The molecule has 0 aliphatic rings. The van der Waals surface area contributed by atoms with Crippen LogP contribution in [0.1, 0.15) is 4.11 Å². The van der Waals surface area contributed by atoms with Crippen LogP contribution in [0.2, 0.25) is 0 Å². The maximum absolute atomic E-state index is 10.0. The molecule has 0 bridgehead atoms. The number of nitrogens with zero attached hydrogens (tertiary/aromatic N) is 2. The average molecular weight is 654 g/mol. The molecule has 3 nitrogen and oxygen atoms in total. The number of rotatable bonds is 4. The number of hydrogen-bond donors (Lipinski definition) is 0. The van der Waals surface area contributed by atoms with Crippen LogP contribution in [-0.2, 0) is 0 Å². The van der Waals surface area contributed by atoms with Gasteiger partial charge < -0.3 is 13.6 Å². The summed E-state index contributed by atoms with van der Waals surface area (Å²) in [7, 11) is 0. The van der Waals surface area contributed by atoms with Crippen LogP contribution < -0.4 is 0 Å². The highest BCUT2D eigenvalue weighted by molar-refractivity contribution is 6.17. The summed E-state index contributed by atoms with van der Waals surface area (Å²) < 4.78 is 39.9. The Morgan fingerprint density at radius 3 is 1.98 bits per heavy atom. The Bertz CT molecular complexity index is 3300. The first kappa shape index (κ1) is 25.2. The van der Waals surface area contributed by atoms with E-state index in [2.05, 4.69) is 89.5 Å². The number of aromatic nitrogens is 2. The van der Waals surface area contributed by atoms with E-state index in [0.29, 0.717) is 16.5 Å². The van der Waals surface area contributed by atoms with Crippen molar-refractivity contribution in [2.24, 2.45) is 0 Å². The van der Waals surface area contributed by atoms with E-state index >= 15 is 0 Å². The van der Waals surface area contributed by atoms with Crippen LogP contribution in [0.3, 0.4) is 0 Å².